The first-order chi connectivity index (χ1) is 12.8. The summed E-state index contributed by atoms with van der Waals surface area (Å²) in [6.07, 6.45) is 1.88. The van der Waals surface area contributed by atoms with Gasteiger partial charge in [0.25, 0.3) is 5.91 Å². The van der Waals surface area contributed by atoms with Gasteiger partial charge in [0.15, 0.2) is 5.69 Å². The van der Waals surface area contributed by atoms with Gasteiger partial charge in [0, 0.05) is 24.2 Å². The van der Waals surface area contributed by atoms with Gasteiger partial charge < -0.3 is 10.0 Å². The molecule has 1 aliphatic heterocycles. The van der Waals surface area contributed by atoms with Crippen molar-refractivity contribution in [2.75, 3.05) is 13.1 Å². The highest BCUT2D eigenvalue weighted by molar-refractivity contribution is 5.95. The van der Waals surface area contributed by atoms with Crippen molar-refractivity contribution in [2.45, 2.75) is 38.3 Å². The maximum atomic E-state index is 14.4. The topological polar surface area (TPSA) is 75.4 Å². The van der Waals surface area contributed by atoms with Gasteiger partial charge >= 0.3 is 5.97 Å². The number of carbonyl (C=O) groups excluding carboxylic acids is 1. The second-order valence-electron chi connectivity index (χ2n) is 7.24. The number of alkyl halides is 1. The number of amides is 1. The molecule has 1 fully saturated rings. The molecule has 1 amide bonds. The van der Waals surface area contributed by atoms with Crippen LogP contribution in [0.3, 0.4) is 0 Å². The first kappa shape index (κ1) is 17.6. The molecule has 6 nitrogen and oxygen atoms in total. The molecule has 0 saturated carbocycles. The summed E-state index contributed by atoms with van der Waals surface area (Å²) >= 11 is 0. The lowest BCUT2D eigenvalue weighted by Crippen LogP contribution is -2.39. The Morgan fingerprint density at radius 3 is 2.78 bits per heavy atom. The molecule has 1 aliphatic carbocycles. The van der Waals surface area contributed by atoms with Crippen LogP contribution in [0.1, 0.15) is 40.2 Å². The second kappa shape index (κ2) is 6.14. The van der Waals surface area contributed by atoms with Crippen molar-refractivity contribution in [1.29, 1.82) is 0 Å². The van der Waals surface area contributed by atoms with Crippen molar-refractivity contribution in [3.05, 3.63) is 46.5 Å². The Hall–Kier alpha value is -2.77. The molecule has 0 radical (unpaired) electrons. The van der Waals surface area contributed by atoms with Crippen LogP contribution in [0.2, 0.25) is 0 Å². The van der Waals surface area contributed by atoms with Crippen LogP contribution in [0.15, 0.2) is 18.2 Å². The second-order valence-corrected chi connectivity index (χ2v) is 7.24. The average Bonchev–Trinajstić information content (AvgIpc) is 3.32. The number of rotatable bonds is 3. The first-order valence-corrected chi connectivity index (χ1v) is 8.89. The zero-order valence-corrected chi connectivity index (χ0v) is 14.8. The minimum atomic E-state index is -2.43. The molecule has 2 aromatic rings. The molecule has 2 heterocycles. The van der Waals surface area contributed by atoms with E-state index in [1.54, 1.807) is 12.1 Å². The van der Waals surface area contributed by atoms with Crippen LogP contribution in [0.4, 0.5) is 8.78 Å². The SMILES string of the molecule is Cc1ccc(F)c(-n2nc(C(=O)N3CCC(F)(C(=O)O)C3)c3c2CCC3)c1. The van der Waals surface area contributed by atoms with E-state index in [0.717, 1.165) is 23.2 Å². The van der Waals surface area contributed by atoms with Gasteiger partial charge in [0.2, 0.25) is 5.67 Å². The normalized spacial score (nSPS) is 21.5. The number of carbonyl (C=O) groups is 2. The third kappa shape index (κ3) is 2.79. The number of aryl methyl sites for hydroxylation is 1. The Morgan fingerprint density at radius 2 is 2.07 bits per heavy atom. The van der Waals surface area contributed by atoms with E-state index in [1.807, 2.05) is 6.92 Å². The number of aromatic nitrogens is 2. The Bertz CT molecular complexity index is 956. The van der Waals surface area contributed by atoms with Crippen molar-refractivity contribution >= 4 is 11.9 Å². The van der Waals surface area contributed by atoms with Crippen molar-refractivity contribution < 1.29 is 23.5 Å². The van der Waals surface area contributed by atoms with Crippen molar-refractivity contribution in [3.63, 3.8) is 0 Å². The smallest absolute Gasteiger partial charge is 0.343 e. The molecule has 1 saturated heterocycles. The number of hydrogen-bond acceptors (Lipinski definition) is 3. The summed E-state index contributed by atoms with van der Waals surface area (Å²) in [5.74, 6) is -2.50. The van der Waals surface area contributed by atoms with E-state index >= 15 is 0 Å². The molecule has 2 aliphatic rings. The molecule has 0 bridgehead atoms. The molecule has 0 spiro atoms. The molecule has 1 aromatic heterocycles. The maximum Gasteiger partial charge on any atom is 0.343 e. The number of aliphatic carboxylic acids is 1. The van der Waals surface area contributed by atoms with Crippen molar-refractivity contribution in [1.82, 2.24) is 14.7 Å². The van der Waals surface area contributed by atoms with Gasteiger partial charge in [-0.1, -0.05) is 6.07 Å². The third-order valence-corrected chi connectivity index (χ3v) is 5.35. The summed E-state index contributed by atoms with van der Waals surface area (Å²) in [5, 5.41) is 13.4. The largest absolute Gasteiger partial charge is 0.479 e. The number of benzene rings is 1. The van der Waals surface area contributed by atoms with E-state index in [-0.39, 0.29) is 24.3 Å². The molecule has 1 atom stereocenters. The maximum absolute atomic E-state index is 14.4. The molecule has 27 heavy (non-hydrogen) atoms. The van der Waals surface area contributed by atoms with Crippen LogP contribution in [0.25, 0.3) is 5.69 Å². The number of carboxylic acids is 1. The minimum absolute atomic E-state index is 0.0159. The fourth-order valence-corrected chi connectivity index (χ4v) is 3.86. The van der Waals surface area contributed by atoms with Crippen LogP contribution in [0.5, 0.6) is 0 Å². The molecule has 8 heteroatoms. The number of carboxylic acid groups (broad SMARTS) is 1. The molecule has 4 rings (SSSR count). The van der Waals surface area contributed by atoms with E-state index in [1.165, 1.54) is 15.6 Å². The van der Waals surface area contributed by atoms with Crippen molar-refractivity contribution in [3.8, 4) is 5.69 Å². The van der Waals surface area contributed by atoms with Gasteiger partial charge in [-0.2, -0.15) is 5.10 Å². The van der Waals surface area contributed by atoms with E-state index in [0.29, 0.717) is 12.8 Å². The van der Waals surface area contributed by atoms with E-state index in [2.05, 4.69) is 5.10 Å². The number of hydrogen-bond donors (Lipinski definition) is 1. The molecular formula is C19H19F2N3O3. The number of likely N-dealkylation sites (tertiary alicyclic amines) is 1. The minimum Gasteiger partial charge on any atom is -0.479 e. The number of fused-ring (bicyclic) bond motifs is 1. The van der Waals surface area contributed by atoms with E-state index in [9.17, 15) is 18.4 Å². The lowest BCUT2D eigenvalue weighted by molar-refractivity contribution is -0.149. The molecule has 1 N–H and O–H groups in total. The molecular weight excluding hydrogens is 356 g/mol. The van der Waals surface area contributed by atoms with Crippen LogP contribution in [-0.4, -0.2) is 50.4 Å². The zero-order valence-electron chi connectivity index (χ0n) is 14.8. The Kier molecular flexibility index (Phi) is 4.01. The van der Waals surface area contributed by atoms with Crippen LogP contribution in [0, 0.1) is 12.7 Å². The monoisotopic (exact) mass is 375 g/mol. The van der Waals surface area contributed by atoms with Gasteiger partial charge in [-0.05, 0) is 43.9 Å². The molecule has 142 valence electrons. The van der Waals surface area contributed by atoms with Gasteiger partial charge in [-0.25, -0.2) is 18.3 Å². The third-order valence-electron chi connectivity index (χ3n) is 5.35. The number of halogens is 2. The average molecular weight is 375 g/mol. The fourth-order valence-electron chi connectivity index (χ4n) is 3.86. The van der Waals surface area contributed by atoms with Crippen LogP contribution < -0.4 is 0 Å². The highest BCUT2D eigenvalue weighted by atomic mass is 19.1. The van der Waals surface area contributed by atoms with Crippen LogP contribution >= 0.6 is 0 Å². The van der Waals surface area contributed by atoms with Crippen LogP contribution in [-0.2, 0) is 17.6 Å². The first-order valence-electron chi connectivity index (χ1n) is 8.89. The van der Waals surface area contributed by atoms with Gasteiger partial charge in [-0.15, -0.1) is 0 Å². The fraction of sp³-hybridized carbons (Fsp3) is 0.421. The Labute approximate surface area is 154 Å². The summed E-state index contributed by atoms with van der Waals surface area (Å²) in [4.78, 5) is 25.2. The van der Waals surface area contributed by atoms with E-state index < -0.39 is 29.9 Å². The molecule has 1 aromatic carbocycles. The molecule has 1 unspecified atom stereocenters. The lowest BCUT2D eigenvalue weighted by atomic mass is 10.1. The lowest BCUT2D eigenvalue weighted by Gasteiger charge is -2.17. The highest BCUT2D eigenvalue weighted by Crippen LogP contribution is 2.32. The summed E-state index contributed by atoms with van der Waals surface area (Å²) in [7, 11) is 0. The predicted molar refractivity (Wildman–Crippen MR) is 92.3 cm³/mol. The summed E-state index contributed by atoms with van der Waals surface area (Å²) < 4.78 is 30.2. The summed E-state index contributed by atoms with van der Waals surface area (Å²) in [6, 6.07) is 4.69. The quantitative estimate of drug-likeness (QED) is 0.894. The number of nitrogens with zero attached hydrogens (tertiary/aromatic N) is 3. The zero-order chi connectivity index (χ0) is 19.3. The Balaban J connectivity index is 1.72. The van der Waals surface area contributed by atoms with Gasteiger partial charge in [0.05, 0.1) is 6.54 Å². The standard InChI is InChI=1S/C19H19F2N3O3/c1-11-5-6-13(20)15(9-11)24-14-4-2-3-12(14)16(22-24)17(25)23-8-7-19(21,10-23)18(26)27/h5-6,9H,2-4,7-8,10H2,1H3,(H,26,27). The van der Waals surface area contributed by atoms with Crippen molar-refractivity contribution in [2.24, 2.45) is 0 Å². The van der Waals surface area contributed by atoms with Gasteiger partial charge in [0.1, 0.15) is 11.5 Å². The van der Waals surface area contributed by atoms with Gasteiger partial charge in [-0.3, -0.25) is 4.79 Å². The summed E-state index contributed by atoms with van der Waals surface area (Å²) in [5.41, 5.74) is 0.408. The van der Waals surface area contributed by atoms with E-state index in [4.69, 9.17) is 5.11 Å². The predicted octanol–water partition coefficient (Wildman–Crippen LogP) is 2.45. The Morgan fingerprint density at radius 1 is 1.30 bits per heavy atom. The highest BCUT2D eigenvalue weighted by Gasteiger charge is 2.47. The summed E-state index contributed by atoms with van der Waals surface area (Å²) in [6.45, 7) is 1.36.